The van der Waals surface area contributed by atoms with Gasteiger partial charge in [-0.15, -0.1) is 0 Å². The van der Waals surface area contributed by atoms with Crippen molar-refractivity contribution in [1.82, 2.24) is 0 Å². The van der Waals surface area contributed by atoms with Crippen LogP contribution in [0.15, 0.2) is 48.5 Å². The first-order valence-corrected chi connectivity index (χ1v) is 7.83. The van der Waals surface area contributed by atoms with Crippen LogP contribution in [0.5, 0.6) is 5.75 Å². The van der Waals surface area contributed by atoms with E-state index in [4.69, 9.17) is 10.00 Å². The molecule has 1 aliphatic rings. The fourth-order valence-electron chi connectivity index (χ4n) is 2.71. The lowest BCUT2D eigenvalue weighted by atomic mass is 10.1. The quantitative estimate of drug-likeness (QED) is 0.923. The molecule has 1 N–H and O–H groups in total. The molecule has 0 aliphatic heterocycles. The van der Waals surface area contributed by atoms with E-state index >= 15 is 0 Å². The van der Waals surface area contributed by atoms with Crippen LogP contribution in [-0.4, -0.2) is 12.0 Å². The molecule has 4 nitrogen and oxygen atoms in total. The summed E-state index contributed by atoms with van der Waals surface area (Å²) in [7, 11) is 0. The Labute approximate surface area is 135 Å². The van der Waals surface area contributed by atoms with Gasteiger partial charge in [0, 0.05) is 11.3 Å². The zero-order chi connectivity index (χ0) is 16.1. The van der Waals surface area contributed by atoms with Crippen molar-refractivity contribution in [2.75, 3.05) is 5.32 Å². The van der Waals surface area contributed by atoms with Gasteiger partial charge in [0.05, 0.1) is 17.7 Å². The van der Waals surface area contributed by atoms with Gasteiger partial charge >= 0.3 is 0 Å². The van der Waals surface area contributed by atoms with Crippen LogP contribution in [0, 0.1) is 11.3 Å². The summed E-state index contributed by atoms with van der Waals surface area (Å²) in [5, 5.41) is 11.6. The molecule has 0 spiro atoms. The average Bonchev–Trinajstić information content (AvgIpc) is 3.10. The van der Waals surface area contributed by atoms with Crippen molar-refractivity contribution in [3.8, 4) is 11.8 Å². The molecule has 1 amide bonds. The fourth-order valence-corrected chi connectivity index (χ4v) is 2.71. The summed E-state index contributed by atoms with van der Waals surface area (Å²) in [6.07, 6.45) is 5.05. The maximum atomic E-state index is 12.2. The highest BCUT2D eigenvalue weighted by Crippen LogP contribution is 2.25. The van der Waals surface area contributed by atoms with E-state index in [-0.39, 0.29) is 5.91 Å². The number of amides is 1. The molecule has 0 radical (unpaired) electrons. The normalized spacial score (nSPS) is 14.2. The van der Waals surface area contributed by atoms with Gasteiger partial charge in [-0.05, 0) is 74.2 Å². The second-order valence-electron chi connectivity index (χ2n) is 5.69. The highest BCUT2D eigenvalue weighted by molar-refractivity contribution is 6.04. The number of nitrogens with one attached hydrogen (secondary N) is 1. The number of carbonyl (C=O) groups excluding carboxylic acids is 1. The van der Waals surface area contributed by atoms with Crippen LogP contribution in [0.1, 0.15) is 41.6 Å². The molecule has 4 heteroatoms. The third-order valence-electron chi connectivity index (χ3n) is 3.99. The SMILES string of the molecule is N#Cc1ccc(C(=O)Nc2ccc(OC3CCCC3)cc2)cc1. The van der Waals surface area contributed by atoms with E-state index in [9.17, 15) is 4.79 Å². The van der Waals surface area contributed by atoms with Crippen LogP contribution < -0.4 is 10.1 Å². The fraction of sp³-hybridized carbons (Fsp3) is 0.263. The topological polar surface area (TPSA) is 62.1 Å². The molecule has 0 heterocycles. The lowest BCUT2D eigenvalue weighted by Crippen LogP contribution is -2.12. The van der Waals surface area contributed by atoms with Gasteiger partial charge in [-0.1, -0.05) is 0 Å². The van der Waals surface area contributed by atoms with E-state index in [0.717, 1.165) is 24.3 Å². The first-order chi connectivity index (χ1) is 11.2. The Morgan fingerprint density at radius 2 is 1.70 bits per heavy atom. The number of hydrogen-bond donors (Lipinski definition) is 1. The first-order valence-electron chi connectivity index (χ1n) is 7.83. The number of nitriles is 1. The van der Waals surface area contributed by atoms with Crippen LogP contribution in [0.25, 0.3) is 0 Å². The summed E-state index contributed by atoms with van der Waals surface area (Å²) >= 11 is 0. The third kappa shape index (κ3) is 3.89. The molecule has 0 unspecified atom stereocenters. The summed E-state index contributed by atoms with van der Waals surface area (Å²) in [6, 6.07) is 16.0. The Bertz CT molecular complexity index is 709. The predicted octanol–water partition coefficient (Wildman–Crippen LogP) is 4.13. The third-order valence-corrected chi connectivity index (χ3v) is 3.99. The maximum Gasteiger partial charge on any atom is 0.255 e. The highest BCUT2D eigenvalue weighted by atomic mass is 16.5. The molecule has 3 rings (SSSR count). The van der Waals surface area contributed by atoms with E-state index in [1.807, 2.05) is 30.3 Å². The largest absolute Gasteiger partial charge is 0.490 e. The van der Waals surface area contributed by atoms with E-state index in [2.05, 4.69) is 5.32 Å². The minimum Gasteiger partial charge on any atom is -0.490 e. The monoisotopic (exact) mass is 306 g/mol. The summed E-state index contributed by atoms with van der Waals surface area (Å²) < 4.78 is 5.90. The van der Waals surface area contributed by atoms with Crippen molar-refractivity contribution in [3.63, 3.8) is 0 Å². The van der Waals surface area contributed by atoms with Gasteiger partial charge in [-0.2, -0.15) is 5.26 Å². The predicted molar refractivity (Wildman–Crippen MR) is 88.4 cm³/mol. The zero-order valence-electron chi connectivity index (χ0n) is 12.8. The molecule has 2 aromatic rings. The molecule has 0 saturated heterocycles. The van der Waals surface area contributed by atoms with Crippen molar-refractivity contribution in [3.05, 3.63) is 59.7 Å². The van der Waals surface area contributed by atoms with E-state index in [1.165, 1.54) is 12.8 Å². The Morgan fingerprint density at radius 3 is 2.30 bits per heavy atom. The van der Waals surface area contributed by atoms with Gasteiger partial charge in [0.15, 0.2) is 0 Å². The smallest absolute Gasteiger partial charge is 0.255 e. The molecule has 116 valence electrons. The summed E-state index contributed by atoms with van der Waals surface area (Å²) in [5.74, 6) is 0.646. The first kappa shape index (κ1) is 15.1. The molecular formula is C19H18N2O2. The summed E-state index contributed by atoms with van der Waals surface area (Å²) in [4.78, 5) is 12.2. The number of anilines is 1. The van der Waals surface area contributed by atoms with Gasteiger partial charge in [0.2, 0.25) is 0 Å². The number of nitrogens with zero attached hydrogens (tertiary/aromatic N) is 1. The lowest BCUT2D eigenvalue weighted by molar-refractivity contribution is 0.102. The number of rotatable bonds is 4. The Hall–Kier alpha value is -2.80. The van der Waals surface area contributed by atoms with Gasteiger partial charge in [0.25, 0.3) is 5.91 Å². The Morgan fingerprint density at radius 1 is 1.04 bits per heavy atom. The van der Waals surface area contributed by atoms with Crippen molar-refractivity contribution < 1.29 is 9.53 Å². The van der Waals surface area contributed by atoms with Gasteiger partial charge < -0.3 is 10.1 Å². The molecule has 23 heavy (non-hydrogen) atoms. The van der Waals surface area contributed by atoms with Gasteiger partial charge in [-0.25, -0.2) is 0 Å². The molecule has 1 saturated carbocycles. The van der Waals surface area contributed by atoms with Crippen molar-refractivity contribution >= 4 is 11.6 Å². The second kappa shape index (κ2) is 6.97. The Balaban J connectivity index is 1.60. The van der Waals surface area contributed by atoms with Gasteiger partial charge in [0.1, 0.15) is 5.75 Å². The number of hydrogen-bond acceptors (Lipinski definition) is 3. The molecule has 2 aromatic carbocycles. The van der Waals surface area contributed by atoms with Crippen molar-refractivity contribution in [2.24, 2.45) is 0 Å². The lowest BCUT2D eigenvalue weighted by Gasteiger charge is -2.13. The maximum absolute atomic E-state index is 12.2. The van der Waals surface area contributed by atoms with Crippen LogP contribution in [-0.2, 0) is 0 Å². The highest BCUT2D eigenvalue weighted by Gasteiger charge is 2.16. The Kier molecular flexibility index (Phi) is 4.58. The van der Waals surface area contributed by atoms with E-state index < -0.39 is 0 Å². The summed E-state index contributed by atoms with van der Waals surface area (Å²) in [6.45, 7) is 0. The standard InChI is InChI=1S/C19H18N2O2/c20-13-14-5-7-15(8-6-14)19(22)21-16-9-11-18(12-10-16)23-17-3-1-2-4-17/h5-12,17H,1-4H2,(H,21,22). The molecule has 1 fully saturated rings. The second-order valence-corrected chi connectivity index (χ2v) is 5.69. The van der Waals surface area contributed by atoms with Crippen LogP contribution in [0.2, 0.25) is 0 Å². The van der Waals surface area contributed by atoms with Crippen molar-refractivity contribution in [1.29, 1.82) is 5.26 Å². The van der Waals surface area contributed by atoms with Crippen LogP contribution in [0.4, 0.5) is 5.69 Å². The number of carbonyl (C=O) groups is 1. The van der Waals surface area contributed by atoms with Gasteiger partial charge in [-0.3, -0.25) is 4.79 Å². The van der Waals surface area contributed by atoms with Crippen LogP contribution in [0.3, 0.4) is 0 Å². The van der Waals surface area contributed by atoms with E-state index in [0.29, 0.717) is 17.2 Å². The average molecular weight is 306 g/mol. The minimum atomic E-state index is -0.195. The molecule has 1 aliphatic carbocycles. The van der Waals surface area contributed by atoms with Crippen LogP contribution >= 0.6 is 0 Å². The van der Waals surface area contributed by atoms with E-state index in [1.54, 1.807) is 24.3 Å². The minimum absolute atomic E-state index is 0.195. The summed E-state index contributed by atoms with van der Waals surface area (Å²) in [5.41, 5.74) is 1.78. The van der Waals surface area contributed by atoms with Crippen molar-refractivity contribution in [2.45, 2.75) is 31.8 Å². The number of benzene rings is 2. The zero-order valence-corrected chi connectivity index (χ0v) is 12.8. The molecule has 0 bridgehead atoms. The molecule has 0 aromatic heterocycles. The number of ether oxygens (including phenoxy) is 1. The molecule has 0 atom stereocenters. The molecular weight excluding hydrogens is 288 g/mol.